The van der Waals surface area contributed by atoms with Gasteiger partial charge in [-0.25, -0.2) is 23.1 Å². The van der Waals surface area contributed by atoms with Crippen LogP contribution in [0, 0.1) is 24.0 Å². The number of hydrogen-bond donors (Lipinski definition) is 3. The lowest BCUT2D eigenvalue weighted by Gasteiger charge is -2.09. The van der Waals surface area contributed by atoms with Crippen molar-refractivity contribution >= 4 is 45.0 Å². The fourth-order valence-electron chi connectivity index (χ4n) is 2.45. The Labute approximate surface area is 174 Å². The van der Waals surface area contributed by atoms with E-state index in [4.69, 9.17) is 11.6 Å². The molecular weight excluding hydrogens is 438 g/mol. The Morgan fingerprint density at radius 3 is 2.30 bits per heavy atom. The Balaban J connectivity index is 1.75. The molecule has 1 amide bonds. The van der Waals surface area contributed by atoms with Crippen molar-refractivity contribution in [2.45, 2.75) is 18.7 Å². The first-order valence-electron chi connectivity index (χ1n) is 8.21. The quantitative estimate of drug-likeness (QED) is 0.378. The minimum absolute atomic E-state index is 0.0559. The van der Waals surface area contributed by atoms with Crippen molar-refractivity contribution in [3.8, 4) is 0 Å². The highest BCUT2D eigenvalue weighted by molar-refractivity contribution is 7.92. The molecule has 1 aromatic carbocycles. The summed E-state index contributed by atoms with van der Waals surface area (Å²) in [4.78, 5) is 30.1. The van der Waals surface area contributed by atoms with Crippen molar-refractivity contribution in [2.75, 3.05) is 10.0 Å². The summed E-state index contributed by atoms with van der Waals surface area (Å²) in [6.07, 6.45) is 0. The predicted molar refractivity (Wildman–Crippen MR) is 107 cm³/mol. The summed E-state index contributed by atoms with van der Waals surface area (Å²) in [7, 11) is -3.96. The number of anilines is 2. The number of nitro groups is 1. The molecule has 14 heteroatoms. The molecule has 0 saturated heterocycles. The number of amides is 1. The van der Waals surface area contributed by atoms with E-state index in [0.29, 0.717) is 11.4 Å². The Kier molecular flexibility index (Phi) is 5.67. The van der Waals surface area contributed by atoms with Gasteiger partial charge in [0.15, 0.2) is 10.7 Å². The van der Waals surface area contributed by atoms with E-state index in [2.05, 4.69) is 30.2 Å². The minimum Gasteiger partial charge on any atom is -0.358 e. The lowest BCUT2D eigenvalue weighted by molar-refractivity contribution is -0.389. The number of carbonyl (C=O) groups is 1. The molecule has 0 aliphatic rings. The highest BCUT2D eigenvalue weighted by Gasteiger charge is 2.25. The molecular formula is C16H14ClN7O5S. The first-order chi connectivity index (χ1) is 14.1. The van der Waals surface area contributed by atoms with Crippen molar-refractivity contribution in [1.29, 1.82) is 0 Å². The number of sulfonamides is 1. The van der Waals surface area contributed by atoms with E-state index in [-0.39, 0.29) is 22.2 Å². The first kappa shape index (κ1) is 21.1. The van der Waals surface area contributed by atoms with Crippen molar-refractivity contribution in [1.82, 2.24) is 20.2 Å². The van der Waals surface area contributed by atoms with Crippen LogP contribution in [0.25, 0.3) is 0 Å². The zero-order valence-corrected chi connectivity index (χ0v) is 17.1. The maximum absolute atomic E-state index is 12.5. The maximum atomic E-state index is 12.5. The summed E-state index contributed by atoms with van der Waals surface area (Å²) < 4.78 is 27.3. The molecule has 0 aliphatic carbocycles. The summed E-state index contributed by atoms with van der Waals surface area (Å²) >= 11 is 5.77. The molecule has 0 aliphatic heterocycles. The van der Waals surface area contributed by atoms with Gasteiger partial charge >= 0.3 is 5.82 Å². The van der Waals surface area contributed by atoms with Crippen molar-refractivity contribution < 1.29 is 18.1 Å². The maximum Gasteiger partial charge on any atom is 0.362 e. The molecule has 0 atom stereocenters. The average Bonchev–Trinajstić information content (AvgIpc) is 3.02. The number of carbonyl (C=O) groups excluding carboxylic acids is 1. The second-order valence-electron chi connectivity index (χ2n) is 6.05. The van der Waals surface area contributed by atoms with Crippen molar-refractivity contribution in [3.05, 3.63) is 62.6 Å². The summed E-state index contributed by atoms with van der Waals surface area (Å²) in [5.74, 6) is -1.47. The largest absolute Gasteiger partial charge is 0.362 e. The Morgan fingerprint density at radius 2 is 1.77 bits per heavy atom. The minimum atomic E-state index is -3.96. The number of nitrogens with one attached hydrogen (secondary N) is 3. The number of aromatic nitrogens is 4. The second-order valence-corrected chi connectivity index (χ2v) is 8.11. The lowest BCUT2D eigenvalue weighted by atomic mass is 10.3. The molecule has 0 fully saturated rings. The number of aromatic amines is 1. The Morgan fingerprint density at radius 1 is 1.17 bits per heavy atom. The summed E-state index contributed by atoms with van der Waals surface area (Å²) in [6, 6.07) is 6.90. The summed E-state index contributed by atoms with van der Waals surface area (Å²) in [6.45, 7) is 3.42. The summed E-state index contributed by atoms with van der Waals surface area (Å²) in [5, 5.41) is 18.3. The molecule has 12 nitrogen and oxygen atoms in total. The van der Waals surface area contributed by atoms with Crippen LogP contribution in [0.3, 0.4) is 0 Å². The van der Waals surface area contributed by atoms with Gasteiger partial charge < -0.3 is 15.4 Å². The number of halogens is 1. The van der Waals surface area contributed by atoms with Gasteiger partial charge in [-0.2, -0.15) is 0 Å². The van der Waals surface area contributed by atoms with Crippen molar-refractivity contribution in [3.63, 3.8) is 0 Å². The van der Waals surface area contributed by atoms with Crippen LogP contribution in [0.2, 0.25) is 5.02 Å². The van der Waals surface area contributed by atoms with Crippen LogP contribution in [-0.4, -0.2) is 39.4 Å². The number of nitrogens with zero attached hydrogens (tertiary/aromatic N) is 4. The zero-order chi connectivity index (χ0) is 22.1. The standard InChI is InChI=1S/C16H14ClN7O5S/c1-8-7-9(2)19-16(18-8)23-30(28,29)11-5-3-10(4-6-11)20-15(25)13-12(17)14(22-21-13)24(26)27/h3-7H,1-2H3,(H,20,25)(H,21,22)(H,18,19,23). The van der Waals surface area contributed by atoms with Crippen LogP contribution in [0.1, 0.15) is 21.9 Å². The van der Waals surface area contributed by atoms with Gasteiger partial charge in [0.1, 0.15) is 0 Å². The van der Waals surface area contributed by atoms with Crippen LogP contribution in [-0.2, 0) is 10.0 Å². The highest BCUT2D eigenvalue weighted by Crippen LogP contribution is 2.25. The van der Waals surface area contributed by atoms with Crippen LogP contribution in [0.15, 0.2) is 35.2 Å². The molecule has 2 heterocycles. The molecule has 0 unspecified atom stereocenters. The van der Waals surface area contributed by atoms with Gasteiger partial charge in [0.25, 0.3) is 15.9 Å². The molecule has 3 N–H and O–H groups in total. The smallest absolute Gasteiger partial charge is 0.358 e. The Hall–Kier alpha value is -3.58. The van der Waals surface area contributed by atoms with Gasteiger partial charge in [-0.1, -0.05) is 16.7 Å². The normalized spacial score (nSPS) is 11.2. The van der Waals surface area contributed by atoms with Crippen LogP contribution >= 0.6 is 11.6 Å². The Bertz CT molecular complexity index is 1220. The van der Waals surface area contributed by atoms with E-state index in [1.165, 1.54) is 24.3 Å². The molecule has 3 rings (SSSR count). The lowest BCUT2D eigenvalue weighted by Crippen LogP contribution is -2.16. The number of rotatable bonds is 6. The second kappa shape index (κ2) is 8.04. The molecule has 2 aromatic heterocycles. The molecule has 156 valence electrons. The van der Waals surface area contributed by atoms with E-state index in [1.807, 2.05) is 0 Å². The van der Waals surface area contributed by atoms with E-state index in [1.54, 1.807) is 19.9 Å². The molecule has 0 bridgehead atoms. The molecule has 0 saturated carbocycles. The van der Waals surface area contributed by atoms with Crippen molar-refractivity contribution in [2.24, 2.45) is 0 Å². The van der Waals surface area contributed by atoms with Gasteiger partial charge in [0.05, 0.1) is 4.90 Å². The number of aryl methyl sites for hydroxylation is 2. The third-order valence-corrected chi connectivity index (χ3v) is 5.42. The fraction of sp³-hybridized carbons (Fsp3) is 0.125. The van der Waals surface area contributed by atoms with E-state index in [9.17, 15) is 23.3 Å². The highest BCUT2D eigenvalue weighted by atomic mass is 35.5. The third-order valence-electron chi connectivity index (χ3n) is 3.72. The predicted octanol–water partition coefficient (Wildman–Crippen LogP) is 2.43. The third kappa shape index (κ3) is 4.52. The van der Waals surface area contributed by atoms with E-state index < -0.39 is 31.7 Å². The molecule has 0 spiro atoms. The van der Waals surface area contributed by atoms with E-state index in [0.717, 1.165) is 0 Å². The molecule has 30 heavy (non-hydrogen) atoms. The topological polar surface area (TPSA) is 173 Å². The zero-order valence-electron chi connectivity index (χ0n) is 15.5. The SMILES string of the molecule is Cc1cc(C)nc(NS(=O)(=O)c2ccc(NC(=O)c3n[nH]c([N+](=O)[O-])c3Cl)cc2)n1. The summed E-state index contributed by atoms with van der Waals surface area (Å²) in [5.41, 5.74) is 1.07. The van der Waals surface area contributed by atoms with Gasteiger partial charge in [0.2, 0.25) is 5.95 Å². The number of benzene rings is 1. The average molecular weight is 452 g/mol. The molecule has 0 radical (unpaired) electrons. The molecule has 3 aromatic rings. The first-order valence-corrected chi connectivity index (χ1v) is 10.1. The van der Waals surface area contributed by atoms with Gasteiger partial charge in [-0.3, -0.25) is 4.79 Å². The monoisotopic (exact) mass is 451 g/mol. The fourth-order valence-corrected chi connectivity index (χ4v) is 3.63. The van der Waals surface area contributed by atoms with Crippen LogP contribution < -0.4 is 10.0 Å². The number of H-pyrrole nitrogens is 1. The number of hydrogen-bond acceptors (Lipinski definition) is 8. The van der Waals surface area contributed by atoms with Crippen LogP contribution in [0.5, 0.6) is 0 Å². The van der Waals surface area contributed by atoms with Gasteiger partial charge in [0, 0.05) is 17.1 Å². The van der Waals surface area contributed by atoms with E-state index >= 15 is 0 Å². The van der Waals surface area contributed by atoms with Crippen LogP contribution in [0.4, 0.5) is 17.5 Å². The van der Waals surface area contributed by atoms with Gasteiger partial charge in [-0.05, 0) is 49.1 Å². The van der Waals surface area contributed by atoms with Gasteiger partial charge in [-0.15, -0.1) is 5.10 Å².